The smallest absolute Gasteiger partial charge is 0.311 e. The summed E-state index contributed by atoms with van der Waals surface area (Å²) in [7, 11) is 0. The average molecular weight is 372 g/mol. The predicted octanol–water partition coefficient (Wildman–Crippen LogP) is -0.436. The molecular weight excluding hydrogens is 348 g/mol. The summed E-state index contributed by atoms with van der Waals surface area (Å²) >= 11 is 0. The molecule has 2 fully saturated rings. The number of hydrogen-bond acceptors (Lipinski definition) is 6. The molecule has 2 aliphatic rings. The van der Waals surface area contributed by atoms with Gasteiger partial charge in [-0.2, -0.15) is 5.26 Å². The van der Waals surface area contributed by atoms with Crippen molar-refractivity contribution in [2.45, 2.75) is 12.5 Å². The van der Waals surface area contributed by atoms with Crippen LogP contribution in [0.3, 0.4) is 0 Å². The number of carbonyl (C=O) groups excluding carboxylic acids is 2. The van der Waals surface area contributed by atoms with E-state index in [2.05, 4.69) is 4.90 Å². The van der Waals surface area contributed by atoms with Crippen molar-refractivity contribution in [3.63, 3.8) is 0 Å². The number of β-amino-alcohol motifs (C(OH)–C–C–N with tert-alkyl or cyclic N) is 1. The van der Waals surface area contributed by atoms with E-state index in [-0.39, 0.29) is 18.4 Å². The summed E-state index contributed by atoms with van der Waals surface area (Å²) in [5.41, 5.74) is 5.67. The van der Waals surface area contributed by atoms with Gasteiger partial charge in [-0.1, -0.05) is 0 Å². The van der Waals surface area contributed by atoms with E-state index in [4.69, 9.17) is 15.7 Å². The molecule has 2 saturated heterocycles. The molecule has 144 valence electrons. The number of nitrogens with zero attached hydrogens (tertiary/aromatic N) is 3. The zero-order valence-electron chi connectivity index (χ0n) is 15.1. The Morgan fingerprint density at radius 3 is 2.41 bits per heavy atom. The first-order valence-corrected chi connectivity index (χ1v) is 9.06. The number of piperidine rings is 2. The average Bonchev–Trinajstić information content (AvgIpc) is 2.65. The van der Waals surface area contributed by atoms with Crippen molar-refractivity contribution in [2.24, 2.45) is 17.6 Å². The summed E-state index contributed by atoms with van der Waals surface area (Å²) in [6.45, 7) is 3.27. The molecule has 3 N–H and O–H groups in total. The molecule has 0 radical (unpaired) electrons. The van der Waals surface area contributed by atoms with E-state index in [0.29, 0.717) is 30.9 Å². The Morgan fingerprint density at radius 2 is 1.85 bits per heavy atom. The number of hydrogen-bond donors (Lipinski definition) is 2. The van der Waals surface area contributed by atoms with E-state index >= 15 is 0 Å². The highest BCUT2D eigenvalue weighted by molar-refractivity contribution is 6.34. The van der Waals surface area contributed by atoms with Gasteiger partial charge in [-0.25, -0.2) is 0 Å². The van der Waals surface area contributed by atoms with Gasteiger partial charge in [0.15, 0.2) is 0 Å². The van der Waals surface area contributed by atoms with E-state index in [1.165, 1.54) is 0 Å². The number of nitriles is 1. The molecule has 0 aliphatic carbocycles. The van der Waals surface area contributed by atoms with Crippen molar-refractivity contribution in [3.05, 3.63) is 29.8 Å². The van der Waals surface area contributed by atoms with Crippen LogP contribution in [0.2, 0.25) is 0 Å². The molecule has 27 heavy (non-hydrogen) atoms. The SMILES string of the molecule is N#Cc1ccc(OCC(O)CN2CC3CC(C2)CN(C(=O)C(N)=O)C3)cc1. The lowest BCUT2D eigenvalue weighted by molar-refractivity contribution is -0.147. The Balaban J connectivity index is 1.46. The Morgan fingerprint density at radius 1 is 1.22 bits per heavy atom. The number of rotatable bonds is 5. The van der Waals surface area contributed by atoms with Gasteiger partial charge >= 0.3 is 11.8 Å². The van der Waals surface area contributed by atoms with Crippen LogP contribution < -0.4 is 10.5 Å². The molecule has 3 atom stereocenters. The van der Waals surface area contributed by atoms with E-state index in [1.54, 1.807) is 29.2 Å². The first kappa shape index (κ1) is 19.1. The van der Waals surface area contributed by atoms with Crippen LogP contribution in [0.15, 0.2) is 24.3 Å². The molecular formula is C19H24N4O4. The minimum absolute atomic E-state index is 0.171. The maximum atomic E-state index is 11.8. The Hall–Kier alpha value is -2.63. The second-order valence-electron chi connectivity index (χ2n) is 7.36. The molecule has 8 nitrogen and oxygen atoms in total. The molecule has 8 heteroatoms. The second kappa shape index (κ2) is 8.37. The topological polar surface area (TPSA) is 120 Å². The van der Waals surface area contributed by atoms with Gasteiger partial charge in [0.1, 0.15) is 18.5 Å². The summed E-state index contributed by atoms with van der Waals surface area (Å²) in [5, 5.41) is 19.1. The van der Waals surface area contributed by atoms with Crippen molar-refractivity contribution in [1.29, 1.82) is 5.26 Å². The standard InChI is InChI=1S/C19H24N4O4/c20-6-13-1-3-17(4-2-13)27-12-16(24)11-22-7-14-5-15(8-22)10-23(9-14)19(26)18(21)25/h1-4,14-16,24H,5,7-12H2,(H2,21,25). The fourth-order valence-corrected chi connectivity index (χ4v) is 4.03. The predicted molar refractivity (Wildman–Crippen MR) is 96.5 cm³/mol. The van der Waals surface area contributed by atoms with Gasteiger partial charge < -0.3 is 20.5 Å². The second-order valence-corrected chi connectivity index (χ2v) is 7.36. The van der Waals surface area contributed by atoms with Crippen molar-refractivity contribution in [3.8, 4) is 11.8 Å². The van der Waals surface area contributed by atoms with Crippen LogP contribution in [-0.4, -0.2) is 72.2 Å². The van der Waals surface area contributed by atoms with Gasteiger partial charge in [0.2, 0.25) is 0 Å². The number of aliphatic hydroxyl groups excluding tert-OH is 1. The number of likely N-dealkylation sites (tertiary alicyclic amines) is 2. The molecule has 2 amide bonds. The van der Waals surface area contributed by atoms with Gasteiger partial charge in [0.05, 0.1) is 11.6 Å². The molecule has 2 aliphatic heterocycles. The number of ether oxygens (including phenoxy) is 1. The lowest BCUT2D eigenvalue weighted by Crippen LogP contribution is -2.56. The largest absolute Gasteiger partial charge is 0.491 e. The van der Waals surface area contributed by atoms with Gasteiger partial charge in [-0.15, -0.1) is 0 Å². The molecule has 1 aromatic carbocycles. The highest BCUT2D eigenvalue weighted by atomic mass is 16.5. The lowest BCUT2D eigenvalue weighted by atomic mass is 9.84. The summed E-state index contributed by atoms with van der Waals surface area (Å²) in [6, 6.07) is 8.81. The maximum absolute atomic E-state index is 11.8. The number of fused-ring (bicyclic) bond motifs is 2. The van der Waals surface area contributed by atoms with Crippen LogP contribution in [0.1, 0.15) is 12.0 Å². The van der Waals surface area contributed by atoms with Gasteiger partial charge in [-0.05, 0) is 42.5 Å². The first-order chi connectivity index (χ1) is 12.9. The van der Waals surface area contributed by atoms with Crippen LogP contribution in [0, 0.1) is 23.2 Å². The summed E-state index contributed by atoms with van der Waals surface area (Å²) < 4.78 is 5.59. The third-order valence-corrected chi connectivity index (χ3v) is 5.05. The third-order valence-electron chi connectivity index (χ3n) is 5.05. The summed E-state index contributed by atoms with van der Waals surface area (Å²) in [5.74, 6) is -0.319. The fourth-order valence-electron chi connectivity index (χ4n) is 4.03. The molecule has 3 rings (SSSR count). The number of amides is 2. The highest BCUT2D eigenvalue weighted by Gasteiger charge is 2.37. The Bertz CT molecular complexity index is 716. The fraction of sp³-hybridized carbons (Fsp3) is 0.526. The van der Waals surface area contributed by atoms with Crippen LogP contribution in [0.4, 0.5) is 0 Å². The van der Waals surface area contributed by atoms with Crippen LogP contribution >= 0.6 is 0 Å². The Kier molecular flexibility index (Phi) is 5.94. The molecule has 0 aromatic heterocycles. The number of carbonyl (C=O) groups is 2. The third kappa shape index (κ3) is 4.96. The summed E-state index contributed by atoms with van der Waals surface area (Å²) in [4.78, 5) is 26.7. The number of aliphatic hydroxyl groups is 1. The lowest BCUT2D eigenvalue weighted by Gasteiger charge is -2.45. The van der Waals surface area contributed by atoms with Gasteiger partial charge in [0.25, 0.3) is 0 Å². The number of nitrogens with two attached hydrogens (primary N) is 1. The molecule has 3 unspecified atom stereocenters. The normalized spacial score (nSPS) is 23.3. The van der Waals surface area contributed by atoms with Crippen LogP contribution in [0.25, 0.3) is 0 Å². The van der Waals surface area contributed by atoms with Crippen LogP contribution in [0.5, 0.6) is 5.75 Å². The minimum atomic E-state index is -0.901. The zero-order chi connectivity index (χ0) is 19.4. The van der Waals surface area contributed by atoms with Crippen molar-refractivity contribution in [1.82, 2.24) is 9.80 Å². The van der Waals surface area contributed by atoms with Crippen LogP contribution in [-0.2, 0) is 9.59 Å². The van der Waals surface area contributed by atoms with E-state index in [0.717, 1.165) is 19.5 Å². The van der Waals surface area contributed by atoms with E-state index in [9.17, 15) is 14.7 Å². The van der Waals surface area contributed by atoms with Crippen molar-refractivity contribution in [2.75, 3.05) is 39.3 Å². The van der Waals surface area contributed by atoms with Gasteiger partial charge in [-0.3, -0.25) is 14.5 Å². The molecule has 0 saturated carbocycles. The molecule has 0 spiro atoms. The molecule has 1 aromatic rings. The van der Waals surface area contributed by atoms with E-state index < -0.39 is 17.9 Å². The minimum Gasteiger partial charge on any atom is -0.491 e. The summed E-state index contributed by atoms with van der Waals surface area (Å²) in [6.07, 6.45) is 0.388. The Labute approximate surface area is 158 Å². The van der Waals surface area contributed by atoms with Crippen molar-refractivity contribution >= 4 is 11.8 Å². The highest BCUT2D eigenvalue weighted by Crippen LogP contribution is 2.28. The monoisotopic (exact) mass is 372 g/mol. The van der Waals surface area contributed by atoms with E-state index in [1.807, 2.05) is 6.07 Å². The number of benzene rings is 1. The molecule has 2 heterocycles. The van der Waals surface area contributed by atoms with Crippen molar-refractivity contribution < 1.29 is 19.4 Å². The van der Waals surface area contributed by atoms with Gasteiger partial charge in [0, 0.05) is 32.7 Å². The molecule has 2 bridgehead atoms. The maximum Gasteiger partial charge on any atom is 0.311 e. The number of primary amides is 1. The zero-order valence-corrected chi connectivity index (χ0v) is 15.1. The first-order valence-electron chi connectivity index (χ1n) is 9.06. The quantitative estimate of drug-likeness (QED) is 0.677.